The average molecular weight is 1170 g/mol. The maximum absolute atomic E-state index is 14.5. The fourth-order valence-electron chi connectivity index (χ4n) is 13.5. The van der Waals surface area contributed by atoms with Crippen LogP contribution in [0.1, 0.15) is 174 Å². The number of nitrogens with zero attached hydrogens (tertiary/aromatic N) is 2. The summed E-state index contributed by atoms with van der Waals surface area (Å²) in [5.74, 6) is -3.60. The van der Waals surface area contributed by atoms with E-state index in [2.05, 4.69) is 0 Å². The number of phenolic OH excluding ortho intramolecular Hbond substituents is 3. The molecule has 10 rings (SSSR count). The van der Waals surface area contributed by atoms with Gasteiger partial charge in [0.2, 0.25) is 5.78 Å². The minimum atomic E-state index is -1.89. The van der Waals surface area contributed by atoms with Gasteiger partial charge in [0.1, 0.15) is 53.9 Å². The molecule has 8 aliphatic rings. The summed E-state index contributed by atoms with van der Waals surface area (Å²) in [5.41, 5.74) is -3.78. The van der Waals surface area contributed by atoms with Crippen molar-refractivity contribution < 1.29 is 102 Å². The molecule has 2 aromatic rings. The maximum Gasteiger partial charge on any atom is 0.202 e. The van der Waals surface area contributed by atoms with E-state index in [9.17, 15) is 44.7 Å². The molecule has 0 bridgehead atoms. The van der Waals surface area contributed by atoms with E-state index in [4.69, 9.17) is 56.8 Å². The lowest BCUT2D eigenvalue weighted by molar-refractivity contribution is -0.330. The number of hydrogen-bond donors (Lipinski definition) is 5. The first kappa shape index (κ1) is 61.9. The Bertz CT molecular complexity index is 2710. The summed E-state index contributed by atoms with van der Waals surface area (Å²) in [6, 6.07) is 3.25. The van der Waals surface area contributed by atoms with Crippen LogP contribution >= 0.6 is 0 Å². The van der Waals surface area contributed by atoms with Gasteiger partial charge in [0.05, 0.1) is 65.0 Å². The molecule has 2 aliphatic carbocycles. The molecule has 22 unspecified atom stereocenters. The number of rotatable bonds is 15. The molecule has 0 radical (unpaired) electrons. The second kappa shape index (κ2) is 24.9. The Balaban J connectivity index is 0.891. The van der Waals surface area contributed by atoms with E-state index in [1.165, 1.54) is 18.2 Å². The van der Waals surface area contributed by atoms with Crippen LogP contribution in [0, 0.1) is 0 Å². The van der Waals surface area contributed by atoms with Crippen LogP contribution in [-0.4, -0.2) is 209 Å². The zero-order valence-corrected chi connectivity index (χ0v) is 49.3. The minimum absolute atomic E-state index is 0.00719. The molecule has 0 amide bonds. The Morgan fingerprint density at radius 2 is 1.05 bits per heavy atom. The summed E-state index contributed by atoms with van der Waals surface area (Å²) in [6.45, 7) is 12.5. The number of carbonyl (C=O) groups is 4. The third-order valence-corrected chi connectivity index (χ3v) is 18.3. The number of aliphatic hydroxyl groups excluding tert-OH is 1. The first-order valence-electron chi connectivity index (χ1n) is 29.5. The molecule has 2 aromatic carbocycles. The van der Waals surface area contributed by atoms with Crippen molar-refractivity contribution in [2.24, 2.45) is 0 Å². The van der Waals surface area contributed by atoms with Gasteiger partial charge < -0.3 is 92.2 Å². The van der Waals surface area contributed by atoms with Crippen molar-refractivity contribution in [2.75, 3.05) is 28.2 Å². The Morgan fingerprint density at radius 1 is 0.554 bits per heavy atom. The smallest absolute Gasteiger partial charge is 0.202 e. The summed E-state index contributed by atoms with van der Waals surface area (Å²) < 4.78 is 77.0. The van der Waals surface area contributed by atoms with Crippen molar-refractivity contribution >= 4 is 23.1 Å². The number of aliphatic hydroxyl groups is 2. The summed E-state index contributed by atoms with van der Waals surface area (Å²) in [5, 5.41) is 60.7. The molecule has 6 heterocycles. The predicted molar refractivity (Wildman–Crippen MR) is 290 cm³/mol. The third-order valence-electron chi connectivity index (χ3n) is 18.3. The number of fused-ring (bicyclic) bond motifs is 3. The van der Waals surface area contributed by atoms with E-state index in [-0.39, 0.29) is 84.2 Å². The van der Waals surface area contributed by atoms with Crippen molar-refractivity contribution in [3.8, 4) is 17.2 Å². The van der Waals surface area contributed by atoms with Crippen LogP contribution in [0.2, 0.25) is 0 Å². The standard InChI is InChI=1S/C60H84N2O21/c1-12-60(71)25-40(79-44-22-33(61(8)9)56(29(5)75-44)80-43-21-18-39(28(4)74-43)78-41-19-16-35(63)26(2)72-41)48-51(55(70)49-50(54(48)69)53(68)47-32(52(49)67)14-13-15-37(47)65)59(60)83-45-23-34(62(10)11)57(30(6)76-45)82-46-24-38(66)58(31(7)77-46)81-42-20-17-36(64)27(3)73-42/h13-15,26-31,33-34,38-46,56-59,65-66,69-71H,12,16-25H2,1-11H3. The molecule has 23 heteroatoms. The summed E-state index contributed by atoms with van der Waals surface area (Å²) in [7, 11) is 7.54. The largest absolute Gasteiger partial charge is 0.507 e. The van der Waals surface area contributed by atoms with Crippen LogP contribution in [0.3, 0.4) is 0 Å². The Morgan fingerprint density at radius 3 is 1.60 bits per heavy atom. The lowest BCUT2D eigenvalue weighted by atomic mass is 9.70. The number of hydrogen-bond acceptors (Lipinski definition) is 23. The van der Waals surface area contributed by atoms with Crippen molar-refractivity contribution in [2.45, 2.75) is 254 Å². The highest BCUT2D eigenvalue weighted by Crippen LogP contribution is 2.58. The summed E-state index contributed by atoms with van der Waals surface area (Å²) in [6.07, 6.45) is -11.3. The number of likely N-dealkylation sites (N-methyl/N-ethyl adjacent to an activating group) is 2. The van der Waals surface area contributed by atoms with Crippen LogP contribution < -0.4 is 0 Å². The lowest BCUT2D eigenvalue weighted by Crippen LogP contribution is -2.58. The molecule has 0 spiro atoms. The number of aromatic hydroxyl groups is 3. The summed E-state index contributed by atoms with van der Waals surface area (Å²) in [4.78, 5) is 57.1. The quantitative estimate of drug-likeness (QED) is 0.123. The normalized spacial score (nSPS) is 40.5. The van der Waals surface area contributed by atoms with Gasteiger partial charge in [-0.1, -0.05) is 19.1 Å². The van der Waals surface area contributed by atoms with Crippen molar-refractivity contribution in [3.63, 3.8) is 0 Å². The SMILES string of the molecule is CCC1(O)CC(OC2CC(N(C)C)C(OC3CCC(OC4CCC(=O)C(C)O4)C(C)O3)C(C)O2)c2c(O)c3c(c(O)c2C1OC1CC(N(C)C)C(OC2CC(O)C(OC4CCC(=O)C(C)O4)C(C)O2)C(C)O1)C(=O)c1cccc(O)c1C3=O. The second-order valence-electron chi connectivity index (χ2n) is 24.3. The van der Waals surface area contributed by atoms with Gasteiger partial charge in [-0.2, -0.15) is 0 Å². The topological polar surface area (TPSA) is 287 Å². The van der Waals surface area contributed by atoms with E-state index in [0.29, 0.717) is 38.5 Å². The number of ether oxygens (including phenoxy) is 12. The molecule has 5 N–H and O–H groups in total. The molecule has 83 heavy (non-hydrogen) atoms. The molecule has 0 aromatic heterocycles. The zero-order chi connectivity index (χ0) is 59.7. The van der Waals surface area contributed by atoms with E-state index >= 15 is 0 Å². The highest BCUT2D eigenvalue weighted by Gasteiger charge is 2.55. The van der Waals surface area contributed by atoms with Gasteiger partial charge in [-0.05, 0) is 88.6 Å². The van der Waals surface area contributed by atoms with Crippen molar-refractivity contribution in [1.82, 2.24) is 9.80 Å². The molecular formula is C60H84N2O21. The van der Waals surface area contributed by atoms with Gasteiger partial charge >= 0.3 is 0 Å². The predicted octanol–water partition coefficient (Wildman–Crippen LogP) is 5.12. The van der Waals surface area contributed by atoms with Crippen molar-refractivity contribution in [3.05, 3.63) is 51.6 Å². The number of Topliss-reactive ketones (excluding diaryl/α,β-unsaturated/α-hetero) is 2. The number of carbonyl (C=O) groups excluding carboxylic acids is 4. The molecule has 6 saturated heterocycles. The van der Waals surface area contributed by atoms with E-state index in [1.54, 1.807) is 34.6 Å². The van der Waals surface area contributed by atoms with Crippen LogP contribution in [0.25, 0.3) is 0 Å². The van der Waals surface area contributed by atoms with Crippen LogP contribution in [0.4, 0.5) is 0 Å². The van der Waals surface area contributed by atoms with Crippen LogP contribution in [-0.2, 0) is 66.4 Å². The molecule has 23 nitrogen and oxygen atoms in total. The van der Waals surface area contributed by atoms with Gasteiger partial charge in [0, 0.05) is 86.6 Å². The highest BCUT2D eigenvalue weighted by atomic mass is 16.8. The van der Waals surface area contributed by atoms with Gasteiger partial charge in [0.25, 0.3) is 0 Å². The Hall–Kier alpha value is -4.12. The minimum Gasteiger partial charge on any atom is -0.507 e. The molecule has 6 fully saturated rings. The van der Waals surface area contributed by atoms with Gasteiger partial charge in [-0.15, -0.1) is 0 Å². The van der Waals surface area contributed by atoms with Gasteiger partial charge in [-0.25, -0.2) is 0 Å². The number of benzene rings is 2. The van der Waals surface area contributed by atoms with Gasteiger partial charge in [-0.3, -0.25) is 19.2 Å². The fraction of sp³-hybridized carbons (Fsp3) is 0.733. The molecule has 22 atom stereocenters. The lowest BCUT2D eigenvalue weighted by Gasteiger charge is -2.50. The third kappa shape index (κ3) is 12.3. The number of ketones is 4. The van der Waals surface area contributed by atoms with Crippen LogP contribution in [0.15, 0.2) is 18.2 Å². The first-order valence-corrected chi connectivity index (χ1v) is 29.5. The van der Waals surface area contributed by atoms with Gasteiger partial charge in [0.15, 0.2) is 55.1 Å². The number of phenols is 3. The van der Waals surface area contributed by atoms with E-state index < -0.39 is 156 Å². The summed E-state index contributed by atoms with van der Waals surface area (Å²) >= 11 is 0. The first-order chi connectivity index (χ1) is 39.4. The second-order valence-corrected chi connectivity index (χ2v) is 24.3. The molecular weight excluding hydrogens is 1080 g/mol. The molecule has 0 saturated carbocycles. The maximum atomic E-state index is 14.5. The Kier molecular flexibility index (Phi) is 18.6. The highest BCUT2D eigenvalue weighted by molar-refractivity contribution is 6.31. The molecule has 6 aliphatic heterocycles. The zero-order valence-electron chi connectivity index (χ0n) is 49.3. The average Bonchev–Trinajstić information content (AvgIpc) is 0.792. The monoisotopic (exact) mass is 1170 g/mol. The van der Waals surface area contributed by atoms with Crippen molar-refractivity contribution in [1.29, 1.82) is 0 Å². The molecule has 460 valence electrons. The Labute approximate surface area is 483 Å². The van der Waals surface area contributed by atoms with E-state index in [1.807, 2.05) is 51.8 Å². The fourth-order valence-corrected chi connectivity index (χ4v) is 13.5. The van der Waals surface area contributed by atoms with E-state index in [0.717, 1.165) is 0 Å². The van der Waals surface area contributed by atoms with Crippen LogP contribution in [0.5, 0.6) is 17.2 Å².